The van der Waals surface area contributed by atoms with E-state index >= 15 is 0 Å². The molecule has 0 spiro atoms. The van der Waals surface area contributed by atoms with Gasteiger partial charge in [0.2, 0.25) is 53.2 Å². The number of carboxylic acids is 2. The van der Waals surface area contributed by atoms with Crippen LogP contribution in [0.25, 0.3) is 0 Å². The number of H-pyrrole nitrogens is 1. The minimum absolute atomic E-state index is 0.0634. The fourth-order valence-corrected chi connectivity index (χ4v) is 6.99. The van der Waals surface area contributed by atoms with Gasteiger partial charge in [0.05, 0.1) is 12.7 Å². The van der Waals surface area contributed by atoms with Gasteiger partial charge in [-0.05, 0) is 49.8 Å². The second kappa shape index (κ2) is 28.4. The topological polar surface area (TPSA) is 446 Å². The molecular formula is C43H64N11O17P. The Labute approximate surface area is 413 Å². The molecule has 0 aliphatic rings. The lowest BCUT2D eigenvalue weighted by atomic mass is 9.96. The van der Waals surface area contributed by atoms with Crippen molar-refractivity contribution in [3.63, 3.8) is 0 Å². The van der Waals surface area contributed by atoms with Crippen LogP contribution >= 0.6 is 7.82 Å². The van der Waals surface area contributed by atoms with E-state index in [2.05, 4.69) is 57.0 Å². The van der Waals surface area contributed by atoms with Crippen molar-refractivity contribution in [3.8, 4) is 5.75 Å². The van der Waals surface area contributed by atoms with Crippen molar-refractivity contribution < 1.29 is 81.8 Å². The van der Waals surface area contributed by atoms with E-state index in [1.165, 1.54) is 59.3 Å². The van der Waals surface area contributed by atoms with Gasteiger partial charge in [0.1, 0.15) is 54.1 Å². The number of nitrogens with zero attached hydrogens (tertiary/aromatic N) is 1. The predicted molar refractivity (Wildman–Crippen MR) is 250 cm³/mol. The summed E-state index contributed by atoms with van der Waals surface area (Å²) in [5.41, 5.74) is 5.86. The number of carbonyl (C=O) groups excluding carboxylic acids is 9. The molecule has 0 saturated heterocycles. The van der Waals surface area contributed by atoms with E-state index in [0.717, 1.165) is 12.1 Å². The lowest BCUT2D eigenvalue weighted by molar-refractivity contribution is -0.142. The molecule has 398 valence electrons. The zero-order valence-corrected chi connectivity index (χ0v) is 41.4. The maximum atomic E-state index is 14.3. The van der Waals surface area contributed by atoms with Gasteiger partial charge < -0.3 is 68.0 Å². The number of nitrogens with two attached hydrogens (primary N) is 1. The van der Waals surface area contributed by atoms with Gasteiger partial charge in [-0.1, -0.05) is 46.2 Å². The Bertz CT molecular complexity index is 2310. The zero-order chi connectivity index (χ0) is 54.6. The number of hydrogen-bond donors (Lipinski definition) is 14. The van der Waals surface area contributed by atoms with Crippen LogP contribution in [0.3, 0.4) is 0 Å². The second-order valence-electron chi connectivity index (χ2n) is 17.1. The highest BCUT2D eigenvalue weighted by atomic mass is 31.2. The summed E-state index contributed by atoms with van der Waals surface area (Å²) >= 11 is 0. The van der Waals surface area contributed by atoms with E-state index in [1.54, 1.807) is 13.8 Å². The van der Waals surface area contributed by atoms with E-state index in [-0.39, 0.29) is 24.2 Å². The van der Waals surface area contributed by atoms with E-state index in [9.17, 15) is 77.3 Å². The number of imidazole rings is 1. The number of benzene rings is 1. The van der Waals surface area contributed by atoms with Crippen LogP contribution in [-0.4, -0.2) is 143 Å². The molecule has 9 amide bonds. The second-order valence-corrected chi connectivity index (χ2v) is 18.3. The van der Waals surface area contributed by atoms with Crippen molar-refractivity contribution in [2.45, 2.75) is 135 Å². The van der Waals surface area contributed by atoms with E-state index in [1.807, 2.05) is 0 Å². The predicted octanol–water partition coefficient (Wildman–Crippen LogP) is -2.87. The summed E-state index contributed by atoms with van der Waals surface area (Å²) < 4.78 is 16.0. The van der Waals surface area contributed by atoms with Crippen LogP contribution in [-0.2, 0) is 70.1 Å². The monoisotopic (exact) mass is 1040 g/mol. The van der Waals surface area contributed by atoms with Gasteiger partial charge >= 0.3 is 19.8 Å². The molecule has 0 fully saturated rings. The third-order valence-electron chi connectivity index (χ3n) is 10.8. The highest BCUT2D eigenvalue weighted by Crippen LogP contribution is 2.37. The molecule has 2 aromatic rings. The van der Waals surface area contributed by atoms with Crippen molar-refractivity contribution >= 4 is 72.9 Å². The summed E-state index contributed by atoms with van der Waals surface area (Å²) in [6.45, 7) is 10.1. The van der Waals surface area contributed by atoms with Crippen molar-refractivity contribution in [3.05, 3.63) is 48.0 Å². The molecule has 1 heterocycles. The minimum Gasteiger partial charge on any atom is -0.481 e. The Balaban J connectivity index is 2.52. The number of amides is 9. The van der Waals surface area contributed by atoms with Crippen molar-refractivity contribution in [2.24, 2.45) is 17.6 Å². The van der Waals surface area contributed by atoms with E-state index < -0.39 is 159 Å². The number of hydrogen-bond acceptors (Lipinski definition) is 14. The van der Waals surface area contributed by atoms with E-state index in [4.69, 9.17) is 5.73 Å². The number of nitrogens with one attached hydrogen (secondary N) is 9. The maximum absolute atomic E-state index is 14.3. The Kier molecular flexibility index (Phi) is 23.9. The van der Waals surface area contributed by atoms with Crippen LogP contribution in [0.2, 0.25) is 0 Å². The fourth-order valence-electron chi connectivity index (χ4n) is 6.59. The SMILES string of the molecule is CC[C@H](C)[C@H](NC(=O)[C@H](Cc1cnc[nH]1)NC(C)=O)C(=O)N[C@@H](Cc1ccc(OP(=O)(O)O)cc1)C(=O)N[C@@H](CC(=O)O)C(=O)N[C@@H](CCC(=O)O)C(=O)N[C@H](C(=O)N[C@@H](C)C(=O)N[C@@H](C)C(N)=O)C(C)C. The zero-order valence-electron chi connectivity index (χ0n) is 40.5. The lowest BCUT2D eigenvalue weighted by Gasteiger charge is -2.29. The number of aromatic nitrogens is 2. The van der Waals surface area contributed by atoms with Crippen LogP contribution in [0.4, 0.5) is 0 Å². The van der Waals surface area contributed by atoms with Gasteiger partial charge in [-0.25, -0.2) is 9.55 Å². The molecule has 0 saturated carbocycles. The summed E-state index contributed by atoms with van der Waals surface area (Å²) in [7, 11) is -4.99. The van der Waals surface area contributed by atoms with Crippen molar-refractivity contribution in [1.29, 1.82) is 0 Å². The molecule has 0 unspecified atom stereocenters. The van der Waals surface area contributed by atoms with E-state index in [0.29, 0.717) is 5.69 Å². The van der Waals surface area contributed by atoms with Gasteiger partial charge in [-0.15, -0.1) is 0 Å². The smallest absolute Gasteiger partial charge is 0.481 e. The molecule has 0 bridgehead atoms. The molecule has 29 heteroatoms. The Morgan fingerprint density at radius 3 is 1.68 bits per heavy atom. The first kappa shape index (κ1) is 60.7. The Morgan fingerprint density at radius 2 is 1.17 bits per heavy atom. The summed E-state index contributed by atoms with van der Waals surface area (Å²) in [4.78, 5) is 168. The Morgan fingerprint density at radius 1 is 0.653 bits per heavy atom. The first-order valence-electron chi connectivity index (χ1n) is 22.5. The van der Waals surface area contributed by atoms with Crippen molar-refractivity contribution in [2.75, 3.05) is 0 Å². The lowest BCUT2D eigenvalue weighted by Crippen LogP contribution is -2.61. The molecule has 2 rings (SSSR count). The molecule has 28 nitrogen and oxygen atoms in total. The summed E-state index contributed by atoms with van der Waals surface area (Å²) in [6, 6.07) is -7.07. The molecule has 9 atom stereocenters. The van der Waals surface area contributed by atoms with Gasteiger partial charge in [-0.3, -0.25) is 62.5 Å². The Hall–Kier alpha value is -7.45. The third-order valence-corrected chi connectivity index (χ3v) is 11.2. The number of primary amides is 1. The molecule has 72 heavy (non-hydrogen) atoms. The van der Waals surface area contributed by atoms with Gasteiger partial charge in [0.15, 0.2) is 0 Å². The number of rotatable bonds is 30. The van der Waals surface area contributed by atoms with Crippen LogP contribution in [0, 0.1) is 11.8 Å². The molecule has 0 radical (unpaired) electrons. The number of phosphoric acid groups is 1. The number of carboxylic acid groups (broad SMARTS) is 2. The van der Waals surface area contributed by atoms with Gasteiger partial charge in [-0.2, -0.15) is 0 Å². The fraction of sp³-hybridized carbons (Fsp3) is 0.535. The molecule has 1 aromatic heterocycles. The first-order chi connectivity index (χ1) is 33.5. The van der Waals surface area contributed by atoms with Crippen LogP contribution < -0.4 is 52.8 Å². The van der Waals surface area contributed by atoms with Crippen LogP contribution in [0.15, 0.2) is 36.8 Å². The number of aromatic amines is 1. The number of carbonyl (C=O) groups is 11. The summed E-state index contributed by atoms with van der Waals surface area (Å²) in [5.74, 6) is -13.2. The van der Waals surface area contributed by atoms with Crippen molar-refractivity contribution in [1.82, 2.24) is 52.5 Å². The normalized spacial score (nSPS) is 15.0. The van der Waals surface area contributed by atoms with Gasteiger partial charge in [0.25, 0.3) is 0 Å². The molecular weight excluding hydrogens is 974 g/mol. The molecule has 15 N–H and O–H groups in total. The number of phosphoric ester groups is 1. The van der Waals surface area contributed by atoms with Crippen LogP contribution in [0.1, 0.15) is 85.4 Å². The molecule has 0 aliphatic heterocycles. The molecule has 0 aliphatic carbocycles. The summed E-state index contributed by atoms with van der Waals surface area (Å²) in [5, 5.41) is 38.5. The molecule has 1 aromatic carbocycles. The van der Waals surface area contributed by atoms with Gasteiger partial charge in [0, 0.05) is 38.1 Å². The summed E-state index contributed by atoms with van der Waals surface area (Å²) in [6.07, 6.45) is 0.0531. The highest BCUT2D eigenvalue weighted by molar-refractivity contribution is 7.46. The maximum Gasteiger partial charge on any atom is 0.524 e. The standard InChI is InChI=1S/C43H64N11O17P/c1-8-21(4)35(54-41(65)30(49-24(7)55)16-26-18-45-19-46-26)43(67)52-29(15-25-9-11-27(12-10-25)71-72(68,69)70)39(63)51-31(17-33(58)59)40(64)50-28(13-14-32(56)57)38(62)53-34(20(2)3)42(66)48-23(6)37(61)47-22(5)36(44)60/h9-12,18-23,28-31,34-35H,8,13-17H2,1-7H3,(H2,44,60)(H,45,46)(H,47,61)(H,48,66)(H,49,55)(H,50,64)(H,51,63)(H,52,67)(H,53,62)(H,54,65)(H,56,57)(H,58,59)(H2,68,69,70)/t21-,22-,23-,28-,29-,30-,31-,34-,35-/m0/s1. The average molecular weight is 1040 g/mol. The van der Waals surface area contributed by atoms with Crippen LogP contribution in [0.5, 0.6) is 5.75 Å². The number of aliphatic carboxylic acids is 2. The highest BCUT2D eigenvalue weighted by Gasteiger charge is 2.36. The first-order valence-corrected chi connectivity index (χ1v) is 24.0. The minimum atomic E-state index is -4.99. The average Bonchev–Trinajstić information content (AvgIpc) is 3.80. The quantitative estimate of drug-likeness (QED) is 0.0350. The largest absolute Gasteiger partial charge is 0.524 e. The third kappa shape index (κ3) is 21.3.